The van der Waals surface area contributed by atoms with Gasteiger partial charge in [0.1, 0.15) is 0 Å². The third-order valence-corrected chi connectivity index (χ3v) is 2.71. The summed E-state index contributed by atoms with van der Waals surface area (Å²) in [6.07, 6.45) is 6.45. The summed E-state index contributed by atoms with van der Waals surface area (Å²) in [5, 5.41) is 4.23. The molecule has 0 aromatic carbocycles. The lowest BCUT2D eigenvalue weighted by atomic mass is 10.2. The van der Waals surface area contributed by atoms with Gasteiger partial charge in [0.2, 0.25) is 0 Å². The highest BCUT2D eigenvalue weighted by Crippen LogP contribution is 2.28. The van der Waals surface area contributed by atoms with E-state index in [1.54, 1.807) is 16.9 Å². The zero-order chi connectivity index (χ0) is 12.3. The Balaban J connectivity index is 2.40. The third-order valence-electron chi connectivity index (χ3n) is 2.71. The minimum atomic E-state index is 0.434. The molecule has 5 heteroatoms. The Hall–Kier alpha value is -1.78. The van der Waals surface area contributed by atoms with Crippen LogP contribution in [0.15, 0.2) is 12.4 Å². The number of rotatable bonds is 5. The van der Waals surface area contributed by atoms with Crippen molar-refractivity contribution in [2.45, 2.75) is 33.1 Å². The van der Waals surface area contributed by atoms with Gasteiger partial charge in [-0.05, 0) is 12.8 Å². The summed E-state index contributed by atoms with van der Waals surface area (Å²) in [5.41, 5.74) is 7.77. The number of hydrogen-bond donors (Lipinski definition) is 1. The summed E-state index contributed by atoms with van der Waals surface area (Å²) in [5.74, 6) is 1.13. The number of fused-ring (bicyclic) bond motifs is 1. The van der Waals surface area contributed by atoms with Crippen molar-refractivity contribution in [3.8, 4) is 5.75 Å². The lowest BCUT2D eigenvalue weighted by Crippen LogP contribution is -2.08. The van der Waals surface area contributed by atoms with E-state index in [9.17, 15) is 0 Å². The minimum absolute atomic E-state index is 0.434. The molecule has 0 fully saturated rings. The topological polar surface area (TPSA) is 65.4 Å². The molecule has 0 amide bonds. The maximum absolute atomic E-state index is 5.92. The molecule has 0 spiro atoms. The molecular weight excluding hydrogens is 216 g/mol. The van der Waals surface area contributed by atoms with Crippen LogP contribution in [0.3, 0.4) is 0 Å². The fraction of sp³-hybridized carbons (Fsp3) is 0.500. The Morgan fingerprint density at radius 1 is 1.41 bits per heavy atom. The molecule has 2 aromatic rings. The Morgan fingerprint density at radius 3 is 2.94 bits per heavy atom. The lowest BCUT2D eigenvalue weighted by molar-refractivity contribution is 0.307. The van der Waals surface area contributed by atoms with E-state index in [0.29, 0.717) is 18.2 Å². The van der Waals surface area contributed by atoms with Gasteiger partial charge in [0, 0.05) is 18.0 Å². The number of unbranched alkanes of at least 4 members (excludes halogenated alkanes) is 1. The van der Waals surface area contributed by atoms with Crippen LogP contribution >= 0.6 is 0 Å². The predicted molar refractivity (Wildman–Crippen MR) is 67.2 cm³/mol. The molecule has 0 unspecified atom stereocenters. The molecule has 0 radical (unpaired) electrons. The van der Waals surface area contributed by atoms with Crippen LogP contribution < -0.4 is 10.5 Å². The van der Waals surface area contributed by atoms with Crippen LogP contribution in [0, 0.1) is 0 Å². The van der Waals surface area contributed by atoms with Gasteiger partial charge in [-0.15, -0.1) is 5.10 Å². The first-order chi connectivity index (χ1) is 8.27. The molecule has 0 atom stereocenters. The summed E-state index contributed by atoms with van der Waals surface area (Å²) in [4.78, 5) is 4.28. The smallest absolute Gasteiger partial charge is 0.187 e. The van der Waals surface area contributed by atoms with Gasteiger partial charge in [-0.1, -0.05) is 20.3 Å². The molecule has 2 rings (SSSR count). The lowest BCUT2D eigenvalue weighted by Gasteiger charge is -2.12. The van der Waals surface area contributed by atoms with Crippen LogP contribution in [0.1, 0.15) is 32.3 Å². The van der Waals surface area contributed by atoms with Crippen molar-refractivity contribution in [1.29, 1.82) is 0 Å². The molecule has 0 aliphatic rings. The van der Waals surface area contributed by atoms with Gasteiger partial charge in [-0.2, -0.15) is 0 Å². The van der Waals surface area contributed by atoms with E-state index in [1.807, 2.05) is 0 Å². The van der Waals surface area contributed by atoms with Crippen molar-refractivity contribution in [3.05, 3.63) is 18.0 Å². The maximum Gasteiger partial charge on any atom is 0.187 e. The second-order valence-corrected chi connectivity index (χ2v) is 3.94. The molecule has 0 aliphatic carbocycles. The first-order valence-electron chi connectivity index (χ1n) is 6.02. The molecule has 17 heavy (non-hydrogen) atoms. The van der Waals surface area contributed by atoms with E-state index < -0.39 is 0 Å². The van der Waals surface area contributed by atoms with Crippen LogP contribution in [-0.2, 0) is 6.42 Å². The van der Waals surface area contributed by atoms with E-state index >= 15 is 0 Å². The number of nitrogens with zero attached hydrogens (tertiary/aromatic N) is 3. The van der Waals surface area contributed by atoms with Gasteiger partial charge in [0.15, 0.2) is 17.2 Å². The number of ether oxygens (including phenoxy) is 1. The Bertz CT molecular complexity index is 506. The Labute approximate surface area is 101 Å². The predicted octanol–water partition coefficient (Wildman–Crippen LogP) is 2.05. The first kappa shape index (κ1) is 11.7. The van der Waals surface area contributed by atoms with Crippen LogP contribution in [-0.4, -0.2) is 21.2 Å². The number of nitrogen functional groups attached to an aromatic ring is 1. The summed E-state index contributed by atoms with van der Waals surface area (Å²) in [6.45, 7) is 4.87. The maximum atomic E-state index is 5.92. The summed E-state index contributed by atoms with van der Waals surface area (Å²) < 4.78 is 7.43. The summed E-state index contributed by atoms with van der Waals surface area (Å²) >= 11 is 0. The average Bonchev–Trinajstić information content (AvgIpc) is 2.77. The van der Waals surface area contributed by atoms with Crippen molar-refractivity contribution in [3.63, 3.8) is 0 Å². The normalized spacial score (nSPS) is 10.9. The van der Waals surface area contributed by atoms with Crippen molar-refractivity contribution in [2.24, 2.45) is 0 Å². The highest BCUT2D eigenvalue weighted by molar-refractivity contribution is 5.62. The number of nitrogens with two attached hydrogens (primary N) is 1. The molecular formula is C12H18N4O. The minimum Gasteiger partial charge on any atom is -0.489 e. The molecule has 2 aromatic heterocycles. The van der Waals surface area contributed by atoms with Gasteiger partial charge < -0.3 is 10.5 Å². The van der Waals surface area contributed by atoms with Crippen molar-refractivity contribution < 1.29 is 4.74 Å². The zero-order valence-corrected chi connectivity index (χ0v) is 10.3. The van der Waals surface area contributed by atoms with Crippen molar-refractivity contribution in [1.82, 2.24) is 14.6 Å². The molecule has 2 heterocycles. The molecule has 0 saturated heterocycles. The largest absolute Gasteiger partial charge is 0.489 e. The van der Waals surface area contributed by atoms with Crippen LogP contribution in [0.4, 0.5) is 5.82 Å². The van der Waals surface area contributed by atoms with E-state index in [-0.39, 0.29) is 0 Å². The van der Waals surface area contributed by atoms with Crippen LogP contribution in [0.2, 0.25) is 0 Å². The highest BCUT2D eigenvalue weighted by Gasteiger charge is 2.14. The first-order valence-corrected chi connectivity index (χ1v) is 6.02. The van der Waals surface area contributed by atoms with Crippen LogP contribution in [0.5, 0.6) is 5.75 Å². The molecule has 0 aliphatic heterocycles. The van der Waals surface area contributed by atoms with Gasteiger partial charge in [-0.3, -0.25) is 0 Å². The molecule has 0 saturated carbocycles. The molecule has 2 N–H and O–H groups in total. The quantitative estimate of drug-likeness (QED) is 0.804. The monoisotopic (exact) mass is 234 g/mol. The Kier molecular flexibility index (Phi) is 3.46. The van der Waals surface area contributed by atoms with Crippen LogP contribution in [0.25, 0.3) is 5.65 Å². The highest BCUT2D eigenvalue weighted by atomic mass is 16.5. The summed E-state index contributed by atoms with van der Waals surface area (Å²) in [7, 11) is 0. The third kappa shape index (κ3) is 2.18. The number of anilines is 1. The van der Waals surface area contributed by atoms with Crippen molar-refractivity contribution >= 4 is 11.5 Å². The van der Waals surface area contributed by atoms with E-state index in [4.69, 9.17) is 10.5 Å². The average molecular weight is 234 g/mol. The fourth-order valence-electron chi connectivity index (χ4n) is 1.81. The van der Waals surface area contributed by atoms with E-state index in [1.165, 1.54) is 0 Å². The Morgan fingerprint density at radius 2 is 2.24 bits per heavy atom. The van der Waals surface area contributed by atoms with Crippen molar-refractivity contribution in [2.75, 3.05) is 12.3 Å². The molecule has 5 nitrogen and oxygen atoms in total. The van der Waals surface area contributed by atoms with Gasteiger partial charge in [0.25, 0.3) is 0 Å². The van der Waals surface area contributed by atoms with E-state index in [2.05, 4.69) is 23.9 Å². The number of aryl methyl sites for hydroxylation is 1. The fourth-order valence-corrected chi connectivity index (χ4v) is 1.81. The summed E-state index contributed by atoms with van der Waals surface area (Å²) in [6, 6.07) is 0. The second-order valence-electron chi connectivity index (χ2n) is 3.94. The number of imidazole rings is 1. The molecule has 0 bridgehead atoms. The van der Waals surface area contributed by atoms with Gasteiger partial charge >= 0.3 is 0 Å². The van der Waals surface area contributed by atoms with Gasteiger partial charge in [-0.25, -0.2) is 9.50 Å². The second kappa shape index (κ2) is 5.03. The van der Waals surface area contributed by atoms with E-state index in [0.717, 1.165) is 30.5 Å². The standard InChI is InChI=1S/C12H18N4O/c1-3-5-8-17-10-9(4-2)12-14-6-7-16(12)15-11(10)13/h6-7H,3-5,8H2,1-2H3,(H2,13,15). The van der Waals surface area contributed by atoms with Gasteiger partial charge in [0.05, 0.1) is 6.61 Å². The SMILES string of the molecule is CCCCOc1c(N)nn2ccnc2c1CC. The zero-order valence-electron chi connectivity index (χ0n) is 10.3. The molecule has 92 valence electrons. The number of hydrogen-bond acceptors (Lipinski definition) is 4. The number of aromatic nitrogens is 3.